The van der Waals surface area contributed by atoms with Gasteiger partial charge in [-0.15, -0.1) is 0 Å². The van der Waals surface area contributed by atoms with Gasteiger partial charge in [-0.1, -0.05) is 44.4 Å². The van der Waals surface area contributed by atoms with E-state index >= 15 is 0 Å². The first-order chi connectivity index (χ1) is 8.54. The Bertz CT molecular complexity index is 357. The smallest absolute Gasteiger partial charge is 0.0294 e. The summed E-state index contributed by atoms with van der Waals surface area (Å²) in [5, 5.41) is 3.70. The summed E-state index contributed by atoms with van der Waals surface area (Å²) in [7, 11) is 0. The minimum atomic E-state index is 0.445. The summed E-state index contributed by atoms with van der Waals surface area (Å²) in [4.78, 5) is 0. The predicted molar refractivity (Wildman–Crippen MR) is 81.1 cm³/mol. The van der Waals surface area contributed by atoms with Crippen molar-refractivity contribution in [3.8, 4) is 0 Å². The van der Waals surface area contributed by atoms with Crippen molar-refractivity contribution in [3.05, 3.63) is 34.9 Å². The topological polar surface area (TPSA) is 12.0 Å². The molecule has 0 aliphatic carbocycles. The van der Waals surface area contributed by atoms with Crippen LogP contribution in [-0.2, 0) is 0 Å². The Balaban J connectivity index is 2.48. The zero-order chi connectivity index (χ0) is 13.5. The monoisotopic (exact) mass is 247 g/mol. The number of rotatable bonds is 7. The van der Waals surface area contributed by atoms with Crippen molar-refractivity contribution in [2.75, 3.05) is 0 Å². The lowest BCUT2D eigenvalue weighted by molar-refractivity contribution is 0.440. The van der Waals surface area contributed by atoms with Crippen LogP contribution in [0.3, 0.4) is 0 Å². The highest BCUT2D eigenvalue weighted by atomic mass is 14.9. The van der Waals surface area contributed by atoms with Crippen LogP contribution in [0.2, 0.25) is 0 Å². The van der Waals surface area contributed by atoms with Crippen LogP contribution in [-0.4, -0.2) is 6.04 Å². The molecule has 2 atom stereocenters. The average Bonchev–Trinajstić information content (AvgIpc) is 2.33. The van der Waals surface area contributed by atoms with Crippen LogP contribution in [0.15, 0.2) is 18.2 Å². The summed E-state index contributed by atoms with van der Waals surface area (Å²) in [6, 6.07) is 7.84. The van der Waals surface area contributed by atoms with Gasteiger partial charge in [-0.3, -0.25) is 0 Å². The normalized spacial score (nSPS) is 14.5. The van der Waals surface area contributed by atoms with Crippen LogP contribution in [0.25, 0.3) is 0 Å². The molecule has 0 heterocycles. The van der Waals surface area contributed by atoms with E-state index in [4.69, 9.17) is 0 Å². The molecule has 0 bridgehead atoms. The highest BCUT2D eigenvalue weighted by Crippen LogP contribution is 2.18. The Labute approximate surface area is 113 Å². The molecule has 1 heteroatoms. The van der Waals surface area contributed by atoms with Gasteiger partial charge >= 0.3 is 0 Å². The SMILES string of the molecule is CCCCCC(C)NC(C)c1ccc(C)c(C)c1. The number of hydrogen-bond acceptors (Lipinski definition) is 1. The second kappa shape index (κ2) is 7.58. The van der Waals surface area contributed by atoms with Gasteiger partial charge in [0, 0.05) is 12.1 Å². The van der Waals surface area contributed by atoms with Gasteiger partial charge in [0.2, 0.25) is 0 Å². The molecule has 0 aliphatic heterocycles. The Morgan fingerprint density at radius 1 is 1.06 bits per heavy atom. The number of hydrogen-bond donors (Lipinski definition) is 1. The van der Waals surface area contributed by atoms with E-state index in [1.165, 1.54) is 42.4 Å². The molecule has 1 rings (SSSR count). The molecule has 1 nitrogen and oxygen atoms in total. The van der Waals surface area contributed by atoms with Crippen molar-refractivity contribution in [1.29, 1.82) is 0 Å². The van der Waals surface area contributed by atoms with Gasteiger partial charge in [0.05, 0.1) is 0 Å². The molecule has 18 heavy (non-hydrogen) atoms. The lowest BCUT2D eigenvalue weighted by Gasteiger charge is -2.21. The van der Waals surface area contributed by atoms with E-state index in [-0.39, 0.29) is 0 Å². The maximum absolute atomic E-state index is 3.70. The predicted octanol–water partition coefficient (Wildman–Crippen LogP) is 4.92. The van der Waals surface area contributed by atoms with Gasteiger partial charge in [0.25, 0.3) is 0 Å². The maximum atomic E-state index is 3.70. The third-order valence-corrected chi connectivity index (χ3v) is 3.81. The quantitative estimate of drug-likeness (QED) is 0.674. The van der Waals surface area contributed by atoms with Crippen LogP contribution < -0.4 is 5.32 Å². The number of benzene rings is 1. The average molecular weight is 247 g/mol. The Morgan fingerprint density at radius 3 is 2.39 bits per heavy atom. The fraction of sp³-hybridized carbons (Fsp3) is 0.647. The van der Waals surface area contributed by atoms with Gasteiger partial charge in [0.1, 0.15) is 0 Å². The molecule has 0 radical (unpaired) electrons. The van der Waals surface area contributed by atoms with Crippen LogP contribution >= 0.6 is 0 Å². The molecule has 2 unspecified atom stereocenters. The summed E-state index contributed by atoms with van der Waals surface area (Å²) in [6.07, 6.45) is 5.27. The lowest BCUT2D eigenvalue weighted by Crippen LogP contribution is -2.28. The Hall–Kier alpha value is -0.820. The molecule has 0 spiro atoms. The van der Waals surface area contributed by atoms with Gasteiger partial charge < -0.3 is 5.32 Å². The molecule has 0 aliphatic rings. The third kappa shape index (κ3) is 4.81. The highest BCUT2D eigenvalue weighted by molar-refractivity contribution is 5.31. The Kier molecular flexibility index (Phi) is 6.42. The maximum Gasteiger partial charge on any atom is 0.0294 e. The summed E-state index contributed by atoms with van der Waals surface area (Å²) in [5.74, 6) is 0. The molecule has 0 saturated heterocycles. The van der Waals surface area contributed by atoms with E-state index in [1.807, 2.05) is 0 Å². The zero-order valence-corrected chi connectivity index (χ0v) is 12.7. The molecule has 1 aromatic carbocycles. The number of aryl methyl sites for hydroxylation is 2. The fourth-order valence-electron chi connectivity index (χ4n) is 2.34. The Morgan fingerprint density at radius 2 is 1.78 bits per heavy atom. The second-order valence-corrected chi connectivity index (χ2v) is 5.63. The molecule has 1 aromatic rings. The van der Waals surface area contributed by atoms with E-state index in [9.17, 15) is 0 Å². The largest absolute Gasteiger partial charge is 0.308 e. The fourth-order valence-corrected chi connectivity index (χ4v) is 2.34. The molecule has 0 aromatic heterocycles. The zero-order valence-electron chi connectivity index (χ0n) is 12.7. The van der Waals surface area contributed by atoms with E-state index < -0.39 is 0 Å². The van der Waals surface area contributed by atoms with Crippen molar-refractivity contribution in [3.63, 3.8) is 0 Å². The van der Waals surface area contributed by atoms with Crippen molar-refractivity contribution in [2.24, 2.45) is 0 Å². The first kappa shape index (κ1) is 15.2. The summed E-state index contributed by atoms with van der Waals surface area (Å²) in [5.41, 5.74) is 4.17. The molecular formula is C17H29N. The van der Waals surface area contributed by atoms with E-state index in [0.717, 1.165) is 0 Å². The molecule has 0 saturated carbocycles. The minimum absolute atomic E-state index is 0.445. The van der Waals surface area contributed by atoms with E-state index in [0.29, 0.717) is 12.1 Å². The summed E-state index contributed by atoms with van der Waals surface area (Å²) < 4.78 is 0. The molecule has 102 valence electrons. The molecule has 0 amide bonds. The van der Waals surface area contributed by atoms with Crippen LogP contribution in [0.1, 0.15) is 69.2 Å². The number of unbranched alkanes of at least 4 members (excludes halogenated alkanes) is 2. The molecule has 0 fully saturated rings. The minimum Gasteiger partial charge on any atom is -0.308 e. The van der Waals surface area contributed by atoms with Gasteiger partial charge in [-0.2, -0.15) is 0 Å². The van der Waals surface area contributed by atoms with E-state index in [2.05, 4.69) is 58.1 Å². The van der Waals surface area contributed by atoms with Crippen molar-refractivity contribution < 1.29 is 0 Å². The molecule has 1 N–H and O–H groups in total. The van der Waals surface area contributed by atoms with Crippen molar-refractivity contribution in [1.82, 2.24) is 5.32 Å². The third-order valence-electron chi connectivity index (χ3n) is 3.81. The first-order valence-electron chi connectivity index (χ1n) is 7.37. The standard InChI is InChI=1S/C17H29N/c1-6-7-8-9-15(4)18-16(5)17-11-10-13(2)14(3)12-17/h10-12,15-16,18H,6-9H2,1-5H3. The summed E-state index contributed by atoms with van der Waals surface area (Å²) >= 11 is 0. The second-order valence-electron chi connectivity index (χ2n) is 5.63. The van der Waals surface area contributed by atoms with E-state index in [1.54, 1.807) is 0 Å². The lowest BCUT2D eigenvalue weighted by atomic mass is 10.0. The van der Waals surface area contributed by atoms with Gasteiger partial charge in [0.15, 0.2) is 0 Å². The summed E-state index contributed by atoms with van der Waals surface area (Å²) in [6.45, 7) is 11.2. The van der Waals surface area contributed by atoms with Crippen LogP contribution in [0, 0.1) is 13.8 Å². The highest BCUT2D eigenvalue weighted by Gasteiger charge is 2.09. The first-order valence-corrected chi connectivity index (χ1v) is 7.37. The van der Waals surface area contributed by atoms with Crippen molar-refractivity contribution >= 4 is 0 Å². The number of nitrogens with one attached hydrogen (secondary N) is 1. The van der Waals surface area contributed by atoms with Crippen LogP contribution in [0.4, 0.5) is 0 Å². The van der Waals surface area contributed by atoms with Gasteiger partial charge in [-0.05, 0) is 50.8 Å². The van der Waals surface area contributed by atoms with Gasteiger partial charge in [-0.25, -0.2) is 0 Å². The molecular weight excluding hydrogens is 218 g/mol. The van der Waals surface area contributed by atoms with Crippen LogP contribution in [0.5, 0.6) is 0 Å². The van der Waals surface area contributed by atoms with Crippen molar-refractivity contribution in [2.45, 2.75) is 72.4 Å².